The van der Waals surface area contributed by atoms with Crippen molar-refractivity contribution in [3.63, 3.8) is 0 Å². The minimum absolute atomic E-state index is 0.188. The molecule has 22 heavy (non-hydrogen) atoms. The van der Waals surface area contributed by atoms with Crippen LogP contribution >= 0.6 is 0 Å². The van der Waals surface area contributed by atoms with Crippen molar-refractivity contribution < 1.29 is 5.02 Å². The van der Waals surface area contributed by atoms with Crippen LogP contribution in [-0.4, -0.2) is 12.5 Å². The van der Waals surface area contributed by atoms with E-state index < -0.39 is 0 Å². The highest BCUT2D eigenvalue weighted by Crippen LogP contribution is 2.51. The lowest BCUT2D eigenvalue weighted by atomic mass is 9.73. The van der Waals surface area contributed by atoms with Crippen LogP contribution in [0, 0.1) is 0 Å². The Bertz CT molecular complexity index is 841. The zero-order valence-corrected chi connectivity index (χ0v) is 12.5. The molecule has 1 aliphatic carbocycles. The lowest BCUT2D eigenvalue weighted by Gasteiger charge is -2.28. The summed E-state index contributed by atoms with van der Waals surface area (Å²) in [5.74, 6) is 0. The summed E-state index contributed by atoms with van der Waals surface area (Å²) in [4.78, 5) is 0. The van der Waals surface area contributed by atoms with Gasteiger partial charge in [-0.15, -0.1) is 0 Å². The summed E-state index contributed by atoms with van der Waals surface area (Å²) in [7, 11) is 1.21. The first-order valence-electron chi connectivity index (χ1n) is 7.53. The maximum atomic E-state index is 9.64. The van der Waals surface area contributed by atoms with Gasteiger partial charge in [0, 0.05) is 5.41 Å². The van der Waals surface area contributed by atoms with Gasteiger partial charge in [0.2, 0.25) is 0 Å². The number of hydrogen-bond donors (Lipinski definition) is 1. The minimum atomic E-state index is -0.188. The predicted octanol–water partition coefficient (Wildman–Crippen LogP) is 3.26. The zero-order valence-electron chi connectivity index (χ0n) is 12.5. The van der Waals surface area contributed by atoms with E-state index in [2.05, 4.69) is 61.5 Å². The zero-order chi connectivity index (χ0) is 15.2. The highest BCUT2D eigenvalue weighted by molar-refractivity contribution is 6.48. The fourth-order valence-electron chi connectivity index (χ4n) is 3.76. The largest absolute Gasteiger partial charge is 0.450 e. The summed E-state index contributed by atoms with van der Waals surface area (Å²) in [6, 6.07) is 25.2. The van der Waals surface area contributed by atoms with Gasteiger partial charge in [-0.1, -0.05) is 72.8 Å². The van der Waals surface area contributed by atoms with Crippen LogP contribution in [0.3, 0.4) is 0 Å². The van der Waals surface area contributed by atoms with E-state index in [1.54, 1.807) is 0 Å². The van der Waals surface area contributed by atoms with Crippen LogP contribution in [-0.2, 0) is 5.41 Å². The molecule has 0 fully saturated rings. The summed E-state index contributed by atoms with van der Waals surface area (Å²) >= 11 is 0. The Hall–Kier alpha value is -2.32. The summed E-state index contributed by atoms with van der Waals surface area (Å²) in [6.07, 6.45) is 0. The average molecular weight is 283 g/mol. The molecular formula is C20H16BO. The van der Waals surface area contributed by atoms with Gasteiger partial charge in [0.05, 0.1) is 0 Å². The second-order valence-electron chi connectivity index (χ2n) is 5.94. The molecule has 0 heterocycles. The Balaban J connectivity index is 2.11. The molecule has 0 spiro atoms. The molecule has 105 valence electrons. The molecule has 0 bridgehead atoms. The van der Waals surface area contributed by atoms with Crippen LogP contribution < -0.4 is 5.46 Å². The topological polar surface area (TPSA) is 20.2 Å². The molecule has 1 unspecified atom stereocenters. The van der Waals surface area contributed by atoms with E-state index >= 15 is 0 Å². The predicted molar refractivity (Wildman–Crippen MR) is 91.5 cm³/mol. The van der Waals surface area contributed by atoms with Gasteiger partial charge in [0.1, 0.15) is 0 Å². The molecule has 4 rings (SSSR count). The lowest BCUT2D eigenvalue weighted by molar-refractivity contribution is 0.615. The van der Waals surface area contributed by atoms with E-state index in [9.17, 15) is 5.02 Å². The fourth-order valence-corrected chi connectivity index (χ4v) is 3.76. The molecule has 0 saturated heterocycles. The van der Waals surface area contributed by atoms with Gasteiger partial charge in [-0.05, 0) is 40.2 Å². The maximum absolute atomic E-state index is 9.64. The van der Waals surface area contributed by atoms with E-state index in [1.165, 1.54) is 29.7 Å². The van der Waals surface area contributed by atoms with Crippen molar-refractivity contribution in [3.8, 4) is 11.1 Å². The van der Waals surface area contributed by atoms with E-state index in [-0.39, 0.29) is 5.41 Å². The third-order valence-electron chi connectivity index (χ3n) is 4.86. The Morgan fingerprint density at radius 2 is 1.45 bits per heavy atom. The molecule has 0 saturated carbocycles. The van der Waals surface area contributed by atoms with Crippen LogP contribution in [0.1, 0.15) is 23.6 Å². The van der Waals surface area contributed by atoms with E-state index in [1.807, 2.05) is 18.2 Å². The highest BCUT2D eigenvalue weighted by atomic mass is 16.2. The van der Waals surface area contributed by atoms with Crippen LogP contribution in [0.15, 0.2) is 72.8 Å². The van der Waals surface area contributed by atoms with Gasteiger partial charge < -0.3 is 5.02 Å². The minimum Gasteiger partial charge on any atom is -0.450 e. The molecule has 1 aliphatic rings. The summed E-state index contributed by atoms with van der Waals surface area (Å²) in [6.45, 7) is 2.27. The molecule has 1 N–H and O–H groups in total. The van der Waals surface area contributed by atoms with Gasteiger partial charge in [0.15, 0.2) is 0 Å². The number of benzene rings is 3. The second-order valence-corrected chi connectivity index (χ2v) is 5.94. The van der Waals surface area contributed by atoms with Gasteiger partial charge in [-0.3, -0.25) is 0 Å². The Labute approximate surface area is 131 Å². The smallest absolute Gasteiger partial charge is 0.327 e. The van der Waals surface area contributed by atoms with Crippen molar-refractivity contribution in [2.24, 2.45) is 0 Å². The van der Waals surface area contributed by atoms with E-state index in [4.69, 9.17) is 0 Å². The first-order chi connectivity index (χ1) is 10.8. The third kappa shape index (κ3) is 1.65. The molecule has 3 aromatic carbocycles. The first-order valence-corrected chi connectivity index (χ1v) is 7.53. The second kappa shape index (κ2) is 4.86. The Morgan fingerprint density at radius 3 is 2.23 bits per heavy atom. The molecule has 0 aromatic heterocycles. The average Bonchev–Trinajstić information content (AvgIpc) is 2.87. The molecule has 3 aromatic rings. The van der Waals surface area contributed by atoms with Crippen molar-refractivity contribution in [1.82, 2.24) is 0 Å². The molecule has 1 atom stereocenters. The number of rotatable bonds is 2. The monoisotopic (exact) mass is 283 g/mol. The third-order valence-corrected chi connectivity index (χ3v) is 4.86. The summed E-state index contributed by atoms with van der Waals surface area (Å²) in [5, 5.41) is 9.64. The molecule has 2 heteroatoms. The molecular weight excluding hydrogens is 267 g/mol. The van der Waals surface area contributed by atoms with Gasteiger partial charge in [-0.2, -0.15) is 0 Å². The maximum Gasteiger partial charge on any atom is 0.327 e. The van der Waals surface area contributed by atoms with Gasteiger partial charge in [0.25, 0.3) is 0 Å². The van der Waals surface area contributed by atoms with E-state index in [0.717, 1.165) is 11.0 Å². The van der Waals surface area contributed by atoms with Crippen LogP contribution in [0.25, 0.3) is 11.1 Å². The fraction of sp³-hybridized carbons (Fsp3) is 0.100. The molecule has 1 nitrogen and oxygen atoms in total. The SMILES string of the molecule is CC1(c2ccccc2)c2ccccc2-c2c([B]O)cccc21. The summed E-state index contributed by atoms with van der Waals surface area (Å²) in [5.41, 5.74) is 6.87. The highest BCUT2D eigenvalue weighted by Gasteiger charge is 2.41. The van der Waals surface area contributed by atoms with Crippen molar-refractivity contribution in [2.45, 2.75) is 12.3 Å². The molecule has 0 amide bonds. The normalized spacial score (nSPS) is 18.6. The van der Waals surface area contributed by atoms with Crippen LogP contribution in [0.2, 0.25) is 0 Å². The van der Waals surface area contributed by atoms with Crippen LogP contribution in [0.5, 0.6) is 0 Å². The standard InChI is InChI=1S/C20H16BO/c1-20(14-8-3-2-4-9-14)16-11-6-5-10-15(16)19-17(20)12-7-13-18(19)21-22/h2-13,22H,1H3. The van der Waals surface area contributed by atoms with Gasteiger partial charge in [-0.25, -0.2) is 0 Å². The van der Waals surface area contributed by atoms with Crippen molar-refractivity contribution in [1.29, 1.82) is 0 Å². The van der Waals surface area contributed by atoms with Gasteiger partial charge >= 0.3 is 7.48 Å². The lowest BCUT2D eigenvalue weighted by Crippen LogP contribution is -2.24. The molecule has 0 aliphatic heterocycles. The quantitative estimate of drug-likeness (QED) is 0.716. The van der Waals surface area contributed by atoms with Crippen molar-refractivity contribution >= 4 is 12.9 Å². The van der Waals surface area contributed by atoms with Crippen LogP contribution in [0.4, 0.5) is 0 Å². The Morgan fingerprint density at radius 1 is 0.773 bits per heavy atom. The Kier molecular flexibility index (Phi) is 2.95. The van der Waals surface area contributed by atoms with Crippen molar-refractivity contribution in [3.05, 3.63) is 89.5 Å². The van der Waals surface area contributed by atoms with Crippen molar-refractivity contribution in [2.75, 3.05) is 0 Å². The summed E-state index contributed by atoms with van der Waals surface area (Å²) < 4.78 is 0. The number of hydrogen-bond acceptors (Lipinski definition) is 1. The van der Waals surface area contributed by atoms with E-state index in [0.29, 0.717) is 0 Å². The first kappa shape index (κ1) is 13.4. The number of fused-ring (bicyclic) bond motifs is 3. The molecule has 1 radical (unpaired) electrons.